The first-order valence-electron chi connectivity index (χ1n) is 7.20. The quantitative estimate of drug-likeness (QED) is 0.864. The van der Waals surface area contributed by atoms with Crippen molar-refractivity contribution in [3.05, 3.63) is 18.0 Å². The van der Waals surface area contributed by atoms with Gasteiger partial charge in [0, 0.05) is 32.4 Å². The van der Waals surface area contributed by atoms with Crippen LogP contribution in [0.1, 0.15) is 31.0 Å². The normalized spacial score (nSPS) is 24.4. The monoisotopic (exact) mass is 298 g/mol. The van der Waals surface area contributed by atoms with Crippen LogP contribution in [-0.4, -0.2) is 49.0 Å². The molecule has 0 unspecified atom stereocenters. The maximum Gasteiger partial charge on any atom is 0.208 e. The number of nitrogens with one attached hydrogen (secondary N) is 1. The number of aromatic nitrogens is 2. The Morgan fingerprint density at radius 1 is 1.45 bits per heavy atom. The van der Waals surface area contributed by atoms with Crippen molar-refractivity contribution in [2.24, 2.45) is 5.92 Å². The van der Waals surface area contributed by atoms with Gasteiger partial charge >= 0.3 is 0 Å². The number of rotatable bonds is 5. The molecule has 3 rings (SSSR count). The van der Waals surface area contributed by atoms with Crippen molar-refractivity contribution >= 4 is 10.0 Å². The first-order chi connectivity index (χ1) is 9.51. The van der Waals surface area contributed by atoms with Gasteiger partial charge in [-0.2, -0.15) is 5.10 Å². The van der Waals surface area contributed by atoms with Crippen LogP contribution < -0.4 is 4.72 Å². The van der Waals surface area contributed by atoms with Gasteiger partial charge in [-0.25, -0.2) is 13.1 Å². The van der Waals surface area contributed by atoms with Crippen LogP contribution in [0, 0.1) is 5.92 Å². The fourth-order valence-corrected chi connectivity index (χ4v) is 3.54. The lowest BCUT2D eigenvalue weighted by Crippen LogP contribution is -2.44. The Morgan fingerprint density at radius 3 is 2.90 bits per heavy atom. The molecule has 0 amide bonds. The molecule has 1 aliphatic heterocycles. The second-order valence-electron chi connectivity index (χ2n) is 6.03. The van der Waals surface area contributed by atoms with E-state index in [9.17, 15) is 8.42 Å². The summed E-state index contributed by atoms with van der Waals surface area (Å²) in [6, 6.07) is 2.11. The number of nitrogens with zero attached hydrogens (tertiary/aromatic N) is 3. The van der Waals surface area contributed by atoms with Crippen molar-refractivity contribution in [1.82, 2.24) is 19.4 Å². The lowest BCUT2D eigenvalue weighted by atomic mass is 9.85. The lowest BCUT2D eigenvalue weighted by molar-refractivity contribution is 0.124. The molecule has 0 spiro atoms. The number of fused-ring (bicyclic) bond motifs is 1. The van der Waals surface area contributed by atoms with Gasteiger partial charge in [-0.05, 0) is 24.8 Å². The summed E-state index contributed by atoms with van der Waals surface area (Å²) >= 11 is 0. The predicted octanol–water partition coefficient (Wildman–Crippen LogP) is 0.589. The average Bonchev–Trinajstić information content (AvgIpc) is 2.78. The summed E-state index contributed by atoms with van der Waals surface area (Å²) in [6.45, 7) is 3.33. The summed E-state index contributed by atoms with van der Waals surface area (Å²) in [5.41, 5.74) is 1.18. The van der Waals surface area contributed by atoms with E-state index in [-0.39, 0.29) is 6.04 Å². The molecule has 1 atom stereocenters. The fourth-order valence-electron chi connectivity index (χ4n) is 3.04. The van der Waals surface area contributed by atoms with Gasteiger partial charge in [0.1, 0.15) is 0 Å². The van der Waals surface area contributed by atoms with Gasteiger partial charge in [-0.15, -0.1) is 0 Å². The second kappa shape index (κ2) is 5.46. The van der Waals surface area contributed by atoms with Crippen molar-refractivity contribution in [1.29, 1.82) is 0 Å². The molecule has 112 valence electrons. The van der Waals surface area contributed by atoms with Crippen molar-refractivity contribution in [3.63, 3.8) is 0 Å². The van der Waals surface area contributed by atoms with Crippen LogP contribution in [0.25, 0.3) is 0 Å². The molecule has 1 aliphatic carbocycles. The van der Waals surface area contributed by atoms with Crippen LogP contribution in [0.3, 0.4) is 0 Å². The van der Waals surface area contributed by atoms with Crippen LogP contribution in [-0.2, 0) is 16.6 Å². The zero-order valence-electron chi connectivity index (χ0n) is 11.8. The molecule has 0 bridgehead atoms. The van der Waals surface area contributed by atoms with E-state index < -0.39 is 10.0 Å². The maximum atomic E-state index is 11.3. The summed E-state index contributed by atoms with van der Waals surface area (Å²) in [7, 11) is -3.15. The largest absolute Gasteiger partial charge is 0.295 e. The molecule has 7 heteroatoms. The molecule has 1 N–H and O–H groups in total. The molecule has 20 heavy (non-hydrogen) atoms. The third-order valence-corrected chi connectivity index (χ3v) is 4.97. The van der Waals surface area contributed by atoms with Crippen molar-refractivity contribution in [2.75, 3.05) is 25.9 Å². The van der Waals surface area contributed by atoms with E-state index in [4.69, 9.17) is 0 Å². The van der Waals surface area contributed by atoms with Gasteiger partial charge in [0.25, 0.3) is 0 Å². The highest BCUT2D eigenvalue weighted by molar-refractivity contribution is 7.88. The first-order valence-corrected chi connectivity index (χ1v) is 9.10. The summed E-state index contributed by atoms with van der Waals surface area (Å²) in [4.78, 5) is 2.44. The molecule has 1 saturated carbocycles. The Labute approximate surface area is 120 Å². The standard InChI is InChI=1S/C13H22N4O2S/c1-20(18,19)15-7-13-10-16(8-11-3-2-4-11)9-12-5-6-14-17(12)13/h5-6,11,13,15H,2-4,7-10H2,1H3/t13-/m0/s1. The Kier molecular flexibility index (Phi) is 3.83. The van der Waals surface area contributed by atoms with Gasteiger partial charge in [0.2, 0.25) is 10.0 Å². The van der Waals surface area contributed by atoms with Crippen molar-refractivity contribution in [2.45, 2.75) is 31.8 Å². The van der Waals surface area contributed by atoms with Gasteiger partial charge < -0.3 is 0 Å². The minimum Gasteiger partial charge on any atom is -0.295 e. The molecule has 1 aromatic heterocycles. The van der Waals surface area contributed by atoms with Crippen LogP contribution in [0.2, 0.25) is 0 Å². The third kappa shape index (κ3) is 3.21. The third-order valence-electron chi connectivity index (χ3n) is 4.27. The molecular formula is C13H22N4O2S. The Balaban J connectivity index is 1.68. The maximum absolute atomic E-state index is 11.3. The highest BCUT2D eigenvalue weighted by atomic mass is 32.2. The van der Waals surface area contributed by atoms with Gasteiger partial charge in [0.05, 0.1) is 18.0 Å². The highest BCUT2D eigenvalue weighted by Gasteiger charge is 2.29. The van der Waals surface area contributed by atoms with Crippen LogP contribution in [0.5, 0.6) is 0 Å². The van der Waals surface area contributed by atoms with E-state index in [1.807, 2.05) is 10.7 Å². The SMILES string of the molecule is CS(=O)(=O)NC[C@H]1CN(CC2CCC2)Cc2ccnn21. The highest BCUT2D eigenvalue weighted by Crippen LogP contribution is 2.29. The number of sulfonamides is 1. The van der Waals surface area contributed by atoms with E-state index in [2.05, 4.69) is 14.7 Å². The number of hydrogen-bond acceptors (Lipinski definition) is 4. The molecule has 0 saturated heterocycles. The zero-order valence-corrected chi connectivity index (χ0v) is 12.6. The molecule has 0 radical (unpaired) electrons. The molecular weight excluding hydrogens is 276 g/mol. The van der Waals surface area contributed by atoms with E-state index in [0.29, 0.717) is 6.54 Å². The molecule has 6 nitrogen and oxygen atoms in total. The molecule has 2 heterocycles. The van der Waals surface area contributed by atoms with E-state index >= 15 is 0 Å². The summed E-state index contributed by atoms with van der Waals surface area (Å²) in [5, 5.41) is 4.34. The topological polar surface area (TPSA) is 67.2 Å². The summed E-state index contributed by atoms with van der Waals surface area (Å²) in [6.07, 6.45) is 7.03. The van der Waals surface area contributed by atoms with Gasteiger partial charge in [-0.3, -0.25) is 9.58 Å². The summed E-state index contributed by atoms with van der Waals surface area (Å²) in [5.74, 6) is 0.827. The minimum absolute atomic E-state index is 0.0866. The smallest absolute Gasteiger partial charge is 0.208 e. The fraction of sp³-hybridized carbons (Fsp3) is 0.769. The molecule has 1 fully saturated rings. The van der Waals surface area contributed by atoms with Crippen LogP contribution in [0.4, 0.5) is 0 Å². The average molecular weight is 298 g/mol. The first kappa shape index (κ1) is 14.0. The predicted molar refractivity (Wildman–Crippen MR) is 76.7 cm³/mol. The van der Waals surface area contributed by atoms with E-state index in [1.165, 1.54) is 31.2 Å². The number of hydrogen-bond donors (Lipinski definition) is 1. The van der Waals surface area contributed by atoms with Gasteiger partial charge in [-0.1, -0.05) is 6.42 Å². The lowest BCUT2D eigenvalue weighted by Gasteiger charge is -2.38. The Bertz CT molecular complexity index is 565. The molecule has 0 aromatic carbocycles. The van der Waals surface area contributed by atoms with E-state index in [0.717, 1.165) is 25.6 Å². The molecule has 2 aliphatic rings. The second-order valence-corrected chi connectivity index (χ2v) is 7.87. The van der Waals surface area contributed by atoms with Crippen molar-refractivity contribution < 1.29 is 8.42 Å². The van der Waals surface area contributed by atoms with Crippen LogP contribution in [0.15, 0.2) is 12.3 Å². The summed E-state index contributed by atoms with van der Waals surface area (Å²) < 4.78 is 27.1. The minimum atomic E-state index is -3.15. The zero-order chi connectivity index (χ0) is 14.2. The van der Waals surface area contributed by atoms with Gasteiger partial charge in [0.15, 0.2) is 0 Å². The Morgan fingerprint density at radius 2 is 2.25 bits per heavy atom. The molecule has 1 aromatic rings. The Hall–Kier alpha value is -0.920. The van der Waals surface area contributed by atoms with Crippen LogP contribution >= 0.6 is 0 Å². The van der Waals surface area contributed by atoms with Crippen molar-refractivity contribution in [3.8, 4) is 0 Å². The van der Waals surface area contributed by atoms with E-state index in [1.54, 1.807) is 6.20 Å².